The van der Waals surface area contributed by atoms with Gasteiger partial charge < -0.3 is 24.8 Å². The van der Waals surface area contributed by atoms with Gasteiger partial charge in [-0.3, -0.25) is 0 Å². The summed E-state index contributed by atoms with van der Waals surface area (Å²) in [7, 11) is 0. The molecule has 4 aliphatic rings. The molecule has 4 aliphatic carbocycles. The van der Waals surface area contributed by atoms with Crippen molar-refractivity contribution in [2.45, 2.75) is 13.8 Å². The van der Waals surface area contributed by atoms with Gasteiger partial charge in [0.25, 0.3) is 0 Å². The summed E-state index contributed by atoms with van der Waals surface area (Å²) in [6, 6.07) is 44.1. The fourth-order valence-corrected chi connectivity index (χ4v) is 9.47. The zero-order chi connectivity index (χ0) is 24.6. The van der Waals surface area contributed by atoms with E-state index in [0.29, 0.717) is 0 Å². The molecule has 0 saturated carbocycles. The third-order valence-corrected chi connectivity index (χ3v) is 11.2. The Morgan fingerprint density at radius 2 is 0.737 bits per heavy atom. The molecule has 0 N–H and O–H groups in total. The van der Waals surface area contributed by atoms with Gasteiger partial charge in [-0.25, -0.2) is 0 Å². The third-order valence-electron chi connectivity index (χ3n) is 7.26. The quantitative estimate of drug-likeness (QED) is 0.286. The Balaban J connectivity index is 0.00000168. The molecule has 38 heavy (non-hydrogen) atoms. The fraction of sp³-hybridized carbons (Fsp3) is 0.0571. The van der Waals surface area contributed by atoms with Gasteiger partial charge in [0.1, 0.15) is 0 Å². The number of hydrogen-bond donors (Lipinski definition) is 0. The van der Waals surface area contributed by atoms with E-state index in [1.54, 1.807) is 0 Å². The molecule has 0 saturated heterocycles. The van der Waals surface area contributed by atoms with Gasteiger partial charge in [-0.05, 0) is 0 Å². The maximum absolute atomic E-state index is 4.96. The van der Waals surface area contributed by atoms with Crippen LogP contribution in [-0.4, -0.2) is 4.82 Å². The normalized spacial score (nSPS) is 10.3. The van der Waals surface area contributed by atoms with Crippen molar-refractivity contribution in [2.75, 3.05) is 0 Å². The van der Waals surface area contributed by atoms with Crippen LogP contribution in [0.5, 0.6) is 0 Å². The second-order valence-electron chi connectivity index (χ2n) is 9.53. The summed E-state index contributed by atoms with van der Waals surface area (Å²) in [5, 5.41) is 0. The van der Waals surface area contributed by atoms with E-state index in [2.05, 4.69) is 135 Å². The van der Waals surface area contributed by atoms with Crippen molar-refractivity contribution in [3.8, 4) is 44.5 Å². The minimum absolute atomic E-state index is 0. The van der Waals surface area contributed by atoms with E-state index in [-0.39, 0.29) is 24.8 Å². The van der Waals surface area contributed by atoms with E-state index in [1.165, 1.54) is 63.4 Å². The van der Waals surface area contributed by atoms with Crippen molar-refractivity contribution < 1.29 is 42.2 Å². The predicted octanol–water partition coefficient (Wildman–Crippen LogP) is 1.86. The molecular weight excluding hydrogens is 539 g/mol. The maximum Gasteiger partial charge on any atom is -1.00 e. The standard InChI is InChI=1S/2C17H13.CH2.2ClH.Ti/c2*1-13-11-15-9-5-6-10-16(17(15)12-13)14-7-3-2-4-8-14;;;;/h2*2-10,12H,1H3;1H2;2*1H;/q;;;;;+2/p-2. The molecule has 0 bridgehead atoms. The van der Waals surface area contributed by atoms with Crippen LogP contribution >= 0.6 is 0 Å². The van der Waals surface area contributed by atoms with Crippen LogP contribution in [0.15, 0.2) is 121 Å². The van der Waals surface area contributed by atoms with Gasteiger partial charge in [-0.1, -0.05) is 0 Å². The fourth-order valence-electron chi connectivity index (χ4n) is 5.67. The van der Waals surface area contributed by atoms with Gasteiger partial charge in [-0.15, -0.1) is 0 Å². The summed E-state index contributed by atoms with van der Waals surface area (Å²) in [6.07, 6.45) is 0. The monoisotopic (exact) mass is 566 g/mol. The van der Waals surface area contributed by atoms with Gasteiger partial charge >= 0.3 is 221 Å². The number of aryl methyl sites for hydroxylation is 2. The van der Waals surface area contributed by atoms with Crippen molar-refractivity contribution in [2.24, 2.45) is 0 Å². The summed E-state index contributed by atoms with van der Waals surface area (Å²) in [5.41, 5.74) is 13.2. The van der Waals surface area contributed by atoms with Crippen molar-refractivity contribution in [3.63, 3.8) is 0 Å². The Morgan fingerprint density at radius 1 is 0.421 bits per heavy atom. The van der Waals surface area contributed by atoms with Crippen LogP contribution in [0.2, 0.25) is 0 Å². The second-order valence-corrected chi connectivity index (χ2v) is 12.6. The molecule has 0 fully saturated rings. The van der Waals surface area contributed by atoms with Crippen molar-refractivity contribution in [1.29, 1.82) is 0 Å². The summed E-state index contributed by atoms with van der Waals surface area (Å²) < 4.78 is 2.98. The van der Waals surface area contributed by atoms with Crippen molar-refractivity contribution >= 4 is 12.6 Å². The zero-order valence-electron chi connectivity index (χ0n) is 21.5. The van der Waals surface area contributed by atoms with E-state index < -0.39 is 17.4 Å². The molecule has 0 spiro atoms. The first-order valence-corrected chi connectivity index (χ1v) is 15.2. The smallest absolute Gasteiger partial charge is 1.00 e. The van der Waals surface area contributed by atoms with Crippen LogP contribution in [0.3, 0.4) is 0 Å². The Labute approximate surface area is 244 Å². The zero-order valence-corrected chi connectivity index (χ0v) is 24.6. The first-order valence-electron chi connectivity index (χ1n) is 12.5. The molecule has 0 aliphatic heterocycles. The van der Waals surface area contributed by atoms with E-state index in [1.807, 2.05) is 0 Å². The first-order chi connectivity index (χ1) is 17.6. The average molecular weight is 567 g/mol. The Bertz CT molecular complexity index is 1530. The summed E-state index contributed by atoms with van der Waals surface area (Å²) in [4.78, 5) is 4.96. The van der Waals surface area contributed by atoms with Crippen molar-refractivity contribution in [3.05, 3.63) is 132 Å². The molecule has 186 valence electrons. The second kappa shape index (κ2) is 11.8. The topological polar surface area (TPSA) is 0 Å². The Morgan fingerprint density at radius 3 is 1.11 bits per heavy atom. The third kappa shape index (κ3) is 4.91. The minimum atomic E-state index is -2.10. The maximum atomic E-state index is 4.96. The van der Waals surface area contributed by atoms with Gasteiger partial charge in [-0.2, -0.15) is 0 Å². The largest absolute Gasteiger partial charge is 1.00 e. The molecule has 0 aromatic heterocycles. The number of hydrogen-bond acceptors (Lipinski definition) is 0. The molecule has 0 nitrogen and oxygen atoms in total. The van der Waals surface area contributed by atoms with E-state index in [9.17, 15) is 0 Å². The Hall–Kier alpha value is -3.00. The molecular formula is C35H28Cl2Ti. The van der Waals surface area contributed by atoms with E-state index >= 15 is 0 Å². The van der Waals surface area contributed by atoms with Crippen LogP contribution in [0.1, 0.15) is 11.1 Å². The van der Waals surface area contributed by atoms with Crippen LogP contribution in [0, 0.1) is 13.8 Å². The van der Waals surface area contributed by atoms with Crippen molar-refractivity contribution in [1.82, 2.24) is 0 Å². The summed E-state index contributed by atoms with van der Waals surface area (Å²) in [5.74, 6) is 0. The minimum Gasteiger partial charge on any atom is -1.00 e. The van der Waals surface area contributed by atoms with Crippen LogP contribution in [0.25, 0.3) is 44.5 Å². The van der Waals surface area contributed by atoms with Crippen LogP contribution in [-0.2, 0) is 17.4 Å². The van der Waals surface area contributed by atoms with Gasteiger partial charge in [0, 0.05) is 0 Å². The molecule has 6 rings (SSSR count). The van der Waals surface area contributed by atoms with Gasteiger partial charge in [0.15, 0.2) is 0 Å². The van der Waals surface area contributed by atoms with E-state index in [0.717, 1.165) is 0 Å². The Kier molecular flexibility index (Phi) is 8.71. The molecule has 0 unspecified atom stereocenters. The SMILES string of the molecule is [CH2]=[Ti+2]([c]1c(C)cc2c(-c3ccccc3)ccccc1-2)[c]1c(C)cc2c(-c3ccccc3)ccccc1-2.[Cl-].[Cl-]. The molecule has 0 heterocycles. The first kappa shape index (κ1) is 28.0. The molecule has 0 radical (unpaired) electrons. The molecule has 0 amide bonds. The number of rotatable bonds is 4. The van der Waals surface area contributed by atoms with E-state index in [4.69, 9.17) is 4.82 Å². The van der Waals surface area contributed by atoms with Crippen LogP contribution < -0.4 is 32.6 Å². The number of halogens is 2. The summed E-state index contributed by atoms with van der Waals surface area (Å²) >= 11 is -2.10. The predicted molar refractivity (Wildman–Crippen MR) is 153 cm³/mol. The molecule has 3 heteroatoms. The molecule has 0 atom stereocenters. The molecule has 2 aromatic rings. The van der Waals surface area contributed by atoms with Gasteiger partial charge in [0.05, 0.1) is 0 Å². The average Bonchev–Trinajstić information content (AvgIpc) is 3.21. The number of benzene rings is 2. The van der Waals surface area contributed by atoms with Crippen LogP contribution in [0.4, 0.5) is 0 Å². The molecule has 2 aromatic carbocycles. The summed E-state index contributed by atoms with van der Waals surface area (Å²) in [6.45, 7) is 4.55. The van der Waals surface area contributed by atoms with Gasteiger partial charge in [0.2, 0.25) is 0 Å². The number of fused-ring (bicyclic) bond motifs is 2.